The van der Waals surface area contributed by atoms with Crippen molar-refractivity contribution in [3.8, 4) is 0 Å². The number of hydrogen-bond donors (Lipinski definition) is 2. The Morgan fingerprint density at radius 1 is 1.12 bits per heavy atom. The smallest absolute Gasteiger partial charge is 0.454 e. The van der Waals surface area contributed by atoms with E-state index in [9.17, 15) is 22.8 Å². The van der Waals surface area contributed by atoms with Crippen molar-refractivity contribution in [3.63, 3.8) is 0 Å². The molecular formula is C9H6F3NO3. The SMILES string of the molecule is O=C(O)Nc1ccc(C(=O)C(F)(F)F)cc1. The number of Topliss-reactive ketones (excluding diaryl/α,β-unsaturated/α-hetero) is 1. The van der Waals surface area contributed by atoms with Crippen molar-refractivity contribution in [2.75, 3.05) is 5.32 Å². The number of rotatable bonds is 2. The molecule has 1 aromatic carbocycles. The standard InChI is InChI=1S/C9H6F3NO3/c10-9(11,12)7(14)5-1-3-6(4-2-5)13-8(15)16/h1-4,13H,(H,15,16). The summed E-state index contributed by atoms with van der Waals surface area (Å²) in [6.45, 7) is 0. The lowest BCUT2D eigenvalue weighted by atomic mass is 10.1. The molecule has 0 saturated heterocycles. The van der Waals surface area contributed by atoms with Crippen LogP contribution < -0.4 is 5.32 Å². The van der Waals surface area contributed by atoms with Gasteiger partial charge in [0, 0.05) is 11.3 Å². The van der Waals surface area contributed by atoms with Crippen LogP contribution in [0.2, 0.25) is 0 Å². The van der Waals surface area contributed by atoms with Crippen molar-refractivity contribution in [1.82, 2.24) is 0 Å². The van der Waals surface area contributed by atoms with Crippen LogP contribution in [0.5, 0.6) is 0 Å². The van der Waals surface area contributed by atoms with Crippen LogP contribution in [0, 0.1) is 0 Å². The molecule has 0 saturated carbocycles. The van der Waals surface area contributed by atoms with Crippen LogP contribution in [-0.4, -0.2) is 23.2 Å². The van der Waals surface area contributed by atoms with Gasteiger partial charge in [-0.25, -0.2) is 4.79 Å². The molecule has 0 spiro atoms. The van der Waals surface area contributed by atoms with E-state index >= 15 is 0 Å². The minimum absolute atomic E-state index is 0.0891. The van der Waals surface area contributed by atoms with Gasteiger partial charge in [-0.3, -0.25) is 10.1 Å². The Bertz CT molecular complexity index is 411. The largest absolute Gasteiger partial charge is 0.465 e. The lowest BCUT2D eigenvalue weighted by molar-refractivity contribution is -0.0885. The van der Waals surface area contributed by atoms with Crippen LogP contribution >= 0.6 is 0 Å². The summed E-state index contributed by atoms with van der Waals surface area (Å²) < 4.78 is 36.0. The third kappa shape index (κ3) is 2.97. The predicted octanol–water partition coefficient (Wildman–Crippen LogP) is 2.52. The van der Waals surface area contributed by atoms with Gasteiger partial charge in [0.1, 0.15) is 0 Å². The Labute approximate surface area is 87.7 Å². The van der Waals surface area contributed by atoms with Crippen molar-refractivity contribution in [3.05, 3.63) is 29.8 Å². The van der Waals surface area contributed by atoms with Crippen LogP contribution in [0.3, 0.4) is 0 Å². The number of alkyl halides is 3. The molecule has 2 N–H and O–H groups in total. The molecule has 4 nitrogen and oxygen atoms in total. The number of benzene rings is 1. The second-order valence-corrected chi connectivity index (χ2v) is 2.83. The molecule has 0 bridgehead atoms. The molecule has 0 fully saturated rings. The number of ketones is 1. The van der Waals surface area contributed by atoms with Gasteiger partial charge in [0.2, 0.25) is 0 Å². The summed E-state index contributed by atoms with van der Waals surface area (Å²) in [5.74, 6) is -1.96. The van der Waals surface area contributed by atoms with Gasteiger partial charge in [-0.1, -0.05) is 0 Å². The maximum Gasteiger partial charge on any atom is 0.454 e. The summed E-state index contributed by atoms with van der Waals surface area (Å²) in [7, 11) is 0. The average Bonchev–Trinajstić information content (AvgIpc) is 2.15. The van der Waals surface area contributed by atoms with E-state index < -0.39 is 23.6 Å². The van der Waals surface area contributed by atoms with Gasteiger partial charge in [0.15, 0.2) is 0 Å². The van der Waals surface area contributed by atoms with E-state index in [4.69, 9.17) is 5.11 Å². The summed E-state index contributed by atoms with van der Waals surface area (Å²) in [6.07, 6.45) is -6.27. The number of carbonyl (C=O) groups is 2. The minimum Gasteiger partial charge on any atom is -0.465 e. The maximum absolute atomic E-state index is 12.0. The zero-order valence-corrected chi connectivity index (χ0v) is 7.71. The van der Waals surface area contributed by atoms with Crippen molar-refractivity contribution in [2.45, 2.75) is 6.18 Å². The highest BCUT2D eigenvalue weighted by atomic mass is 19.4. The quantitative estimate of drug-likeness (QED) is 0.771. The fourth-order valence-electron chi connectivity index (χ4n) is 0.992. The van der Waals surface area contributed by atoms with E-state index in [1.807, 2.05) is 5.32 Å². The van der Waals surface area contributed by atoms with E-state index in [1.54, 1.807) is 0 Å². The second-order valence-electron chi connectivity index (χ2n) is 2.83. The Hall–Kier alpha value is -2.05. The molecule has 7 heteroatoms. The maximum atomic E-state index is 12.0. The summed E-state index contributed by atoms with van der Waals surface area (Å²) in [4.78, 5) is 20.9. The molecule has 0 radical (unpaired) electrons. The van der Waals surface area contributed by atoms with E-state index in [0.717, 1.165) is 24.3 Å². The van der Waals surface area contributed by atoms with E-state index in [-0.39, 0.29) is 5.69 Å². The first-order chi connectivity index (χ1) is 7.30. The first-order valence-electron chi connectivity index (χ1n) is 4.02. The highest BCUT2D eigenvalue weighted by Gasteiger charge is 2.39. The molecule has 1 aromatic rings. The number of nitrogens with one attached hydrogen (secondary N) is 1. The fraction of sp³-hybridized carbons (Fsp3) is 0.111. The zero-order chi connectivity index (χ0) is 12.3. The lowest BCUT2D eigenvalue weighted by Crippen LogP contribution is -2.22. The molecule has 0 atom stereocenters. The molecule has 1 rings (SSSR count). The van der Waals surface area contributed by atoms with Crippen LogP contribution in [0.15, 0.2) is 24.3 Å². The Kier molecular flexibility index (Phi) is 3.17. The summed E-state index contributed by atoms with van der Waals surface area (Å²) >= 11 is 0. The minimum atomic E-state index is -4.93. The predicted molar refractivity (Wildman–Crippen MR) is 48.5 cm³/mol. The number of carbonyl (C=O) groups excluding carboxylic acids is 1. The van der Waals surface area contributed by atoms with Gasteiger partial charge in [0.05, 0.1) is 0 Å². The first kappa shape index (κ1) is 12.0. The molecule has 0 aliphatic carbocycles. The van der Waals surface area contributed by atoms with Crippen LogP contribution in [0.1, 0.15) is 10.4 Å². The van der Waals surface area contributed by atoms with Gasteiger partial charge < -0.3 is 5.11 Å². The average molecular weight is 233 g/mol. The van der Waals surface area contributed by atoms with E-state index in [2.05, 4.69) is 0 Å². The molecule has 1 amide bonds. The third-order valence-corrected chi connectivity index (χ3v) is 1.66. The molecule has 16 heavy (non-hydrogen) atoms. The molecular weight excluding hydrogens is 227 g/mol. The van der Waals surface area contributed by atoms with Gasteiger partial charge in [0.25, 0.3) is 5.78 Å². The third-order valence-electron chi connectivity index (χ3n) is 1.66. The summed E-state index contributed by atoms with van der Waals surface area (Å²) in [5, 5.41) is 10.3. The highest BCUT2D eigenvalue weighted by molar-refractivity contribution is 6.00. The number of hydrogen-bond acceptors (Lipinski definition) is 2. The van der Waals surface area contributed by atoms with Gasteiger partial charge in [-0.2, -0.15) is 13.2 Å². The topological polar surface area (TPSA) is 66.4 Å². The summed E-state index contributed by atoms with van der Waals surface area (Å²) in [6, 6.07) is 3.96. The molecule has 0 heterocycles. The van der Waals surface area contributed by atoms with Crippen molar-refractivity contribution in [1.29, 1.82) is 0 Å². The van der Waals surface area contributed by atoms with Crippen molar-refractivity contribution in [2.24, 2.45) is 0 Å². The first-order valence-corrected chi connectivity index (χ1v) is 4.02. The van der Waals surface area contributed by atoms with E-state index in [1.165, 1.54) is 0 Å². The Morgan fingerprint density at radius 3 is 2.00 bits per heavy atom. The second kappa shape index (κ2) is 4.21. The van der Waals surface area contributed by atoms with Gasteiger partial charge in [-0.05, 0) is 24.3 Å². The van der Waals surface area contributed by atoms with Crippen LogP contribution in [0.25, 0.3) is 0 Å². The van der Waals surface area contributed by atoms with Crippen molar-refractivity contribution >= 4 is 17.6 Å². The normalized spacial score (nSPS) is 10.9. The van der Waals surface area contributed by atoms with Crippen LogP contribution in [-0.2, 0) is 0 Å². The molecule has 86 valence electrons. The number of carboxylic acid groups (broad SMARTS) is 1. The van der Waals surface area contributed by atoms with Crippen molar-refractivity contribution < 1.29 is 27.9 Å². The number of anilines is 1. The highest BCUT2D eigenvalue weighted by Crippen LogP contribution is 2.22. The molecule has 0 unspecified atom stereocenters. The van der Waals surface area contributed by atoms with Crippen LogP contribution in [0.4, 0.5) is 23.7 Å². The Balaban J connectivity index is 2.87. The summed E-state index contributed by atoms with van der Waals surface area (Å²) in [5.41, 5.74) is -0.449. The van der Waals surface area contributed by atoms with E-state index in [0.29, 0.717) is 0 Å². The van der Waals surface area contributed by atoms with Gasteiger partial charge in [-0.15, -0.1) is 0 Å². The molecule has 0 aromatic heterocycles. The zero-order valence-electron chi connectivity index (χ0n) is 7.71. The number of halogens is 3. The monoisotopic (exact) mass is 233 g/mol. The Morgan fingerprint density at radius 2 is 1.62 bits per heavy atom. The lowest BCUT2D eigenvalue weighted by Gasteiger charge is -2.05. The fourth-order valence-corrected chi connectivity index (χ4v) is 0.992. The molecule has 0 aliphatic rings. The van der Waals surface area contributed by atoms with Gasteiger partial charge >= 0.3 is 12.3 Å². The molecule has 0 aliphatic heterocycles. The number of amides is 1.